The summed E-state index contributed by atoms with van der Waals surface area (Å²) in [6.45, 7) is 5.50. The predicted molar refractivity (Wildman–Crippen MR) is 90.9 cm³/mol. The number of carbonyl (C=O) groups is 2. The Morgan fingerprint density at radius 1 is 1.33 bits per heavy atom. The Labute approximate surface area is 144 Å². The third-order valence-corrected chi connectivity index (χ3v) is 5.55. The van der Waals surface area contributed by atoms with Gasteiger partial charge >= 0.3 is 12.0 Å². The van der Waals surface area contributed by atoms with Crippen molar-refractivity contribution in [3.05, 3.63) is 0 Å². The van der Waals surface area contributed by atoms with Crippen molar-refractivity contribution in [2.75, 3.05) is 26.2 Å². The Bertz CT molecular complexity index is 453. The van der Waals surface area contributed by atoms with Gasteiger partial charge in [-0.05, 0) is 38.6 Å². The number of nitrogens with zero attached hydrogens (tertiary/aromatic N) is 2. The van der Waals surface area contributed by atoms with E-state index >= 15 is 0 Å². The van der Waals surface area contributed by atoms with Gasteiger partial charge in [-0.1, -0.05) is 20.3 Å². The summed E-state index contributed by atoms with van der Waals surface area (Å²) in [6.07, 6.45) is 5.15. The monoisotopic (exact) mass is 341 g/mol. The lowest BCUT2D eigenvalue weighted by molar-refractivity contribution is -0.139. The molecule has 7 nitrogen and oxygen atoms in total. The molecule has 1 heterocycles. The van der Waals surface area contributed by atoms with E-state index in [1.165, 1.54) is 0 Å². The molecular formula is C17H31N3O4. The normalized spacial score (nSPS) is 29.6. The predicted octanol–water partition coefficient (Wildman–Crippen LogP) is 1.26. The number of rotatable bonds is 8. The number of carbonyl (C=O) groups excluding carboxylic acids is 1. The number of aliphatic hydroxyl groups is 1. The van der Waals surface area contributed by atoms with Crippen LogP contribution in [-0.2, 0) is 4.79 Å². The fraction of sp³-hybridized carbons (Fsp3) is 0.882. The molecule has 1 aliphatic heterocycles. The summed E-state index contributed by atoms with van der Waals surface area (Å²) in [5.41, 5.74) is -0.402. The fourth-order valence-corrected chi connectivity index (χ4v) is 4.15. The highest BCUT2D eigenvalue weighted by Gasteiger charge is 2.44. The molecule has 7 heteroatoms. The van der Waals surface area contributed by atoms with Gasteiger partial charge in [-0.2, -0.15) is 0 Å². The van der Waals surface area contributed by atoms with Crippen LogP contribution in [0.25, 0.3) is 0 Å². The SMILES string of the molecule is CCCC1(CO)CCCN1C(=O)NC1CC(N(CC)CC(=O)O)C1. The number of nitrogens with one attached hydrogen (secondary N) is 1. The third kappa shape index (κ3) is 4.00. The molecule has 0 radical (unpaired) electrons. The third-order valence-electron chi connectivity index (χ3n) is 5.55. The first-order valence-electron chi connectivity index (χ1n) is 9.10. The molecule has 1 saturated heterocycles. The van der Waals surface area contributed by atoms with Crippen LogP contribution in [0.3, 0.4) is 0 Å². The van der Waals surface area contributed by atoms with Crippen LogP contribution >= 0.6 is 0 Å². The zero-order valence-electron chi connectivity index (χ0n) is 14.8. The second-order valence-corrected chi connectivity index (χ2v) is 7.12. The highest BCUT2D eigenvalue weighted by atomic mass is 16.4. The molecule has 1 saturated carbocycles. The van der Waals surface area contributed by atoms with Gasteiger partial charge in [0.25, 0.3) is 0 Å². The molecule has 0 spiro atoms. The smallest absolute Gasteiger partial charge is 0.318 e. The van der Waals surface area contributed by atoms with Crippen LogP contribution in [0.5, 0.6) is 0 Å². The lowest BCUT2D eigenvalue weighted by atomic mass is 9.85. The van der Waals surface area contributed by atoms with Crippen LogP contribution in [0.15, 0.2) is 0 Å². The first-order valence-corrected chi connectivity index (χ1v) is 9.10. The minimum atomic E-state index is -0.811. The van der Waals surface area contributed by atoms with Gasteiger partial charge in [0.1, 0.15) is 0 Å². The Hall–Kier alpha value is -1.34. The van der Waals surface area contributed by atoms with Crippen molar-refractivity contribution in [3.8, 4) is 0 Å². The molecule has 0 aromatic carbocycles. The van der Waals surface area contributed by atoms with Gasteiger partial charge in [-0.25, -0.2) is 4.79 Å². The molecule has 0 aromatic rings. The summed E-state index contributed by atoms with van der Waals surface area (Å²) < 4.78 is 0. The summed E-state index contributed by atoms with van der Waals surface area (Å²) >= 11 is 0. The van der Waals surface area contributed by atoms with E-state index in [9.17, 15) is 14.7 Å². The van der Waals surface area contributed by atoms with E-state index in [1.54, 1.807) is 0 Å². The van der Waals surface area contributed by atoms with Crippen molar-refractivity contribution in [2.45, 2.75) is 70.0 Å². The van der Waals surface area contributed by atoms with Gasteiger partial charge in [0.2, 0.25) is 0 Å². The average molecular weight is 341 g/mol. The molecule has 2 amide bonds. The molecule has 3 N–H and O–H groups in total. The van der Waals surface area contributed by atoms with Gasteiger partial charge in [-0.15, -0.1) is 0 Å². The molecule has 1 atom stereocenters. The van der Waals surface area contributed by atoms with Crippen molar-refractivity contribution in [3.63, 3.8) is 0 Å². The van der Waals surface area contributed by atoms with Gasteiger partial charge < -0.3 is 20.4 Å². The zero-order valence-corrected chi connectivity index (χ0v) is 14.8. The molecule has 0 bridgehead atoms. The largest absolute Gasteiger partial charge is 0.480 e. The zero-order chi connectivity index (χ0) is 17.7. The Balaban J connectivity index is 1.85. The van der Waals surface area contributed by atoms with E-state index in [0.29, 0.717) is 13.1 Å². The molecule has 1 aliphatic carbocycles. The van der Waals surface area contributed by atoms with E-state index in [-0.39, 0.29) is 31.3 Å². The first-order chi connectivity index (χ1) is 11.5. The van der Waals surface area contributed by atoms with Crippen molar-refractivity contribution >= 4 is 12.0 Å². The van der Waals surface area contributed by atoms with Gasteiger partial charge in [0, 0.05) is 18.6 Å². The van der Waals surface area contributed by atoms with Gasteiger partial charge in [-0.3, -0.25) is 9.69 Å². The molecule has 2 rings (SSSR count). The molecule has 1 unspecified atom stereocenters. The highest BCUT2D eigenvalue weighted by Crippen LogP contribution is 2.34. The van der Waals surface area contributed by atoms with Gasteiger partial charge in [0.05, 0.1) is 18.7 Å². The van der Waals surface area contributed by atoms with E-state index in [1.807, 2.05) is 16.7 Å². The first kappa shape index (κ1) is 19.0. The molecule has 2 aliphatic rings. The molecule has 0 aromatic heterocycles. The van der Waals surface area contributed by atoms with E-state index in [0.717, 1.165) is 38.5 Å². The van der Waals surface area contributed by atoms with Crippen LogP contribution < -0.4 is 5.32 Å². The Morgan fingerprint density at radius 3 is 2.58 bits per heavy atom. The van der Waals surface area contributed by atoms with Crippen LogP contribution in [-0.4, -0.2) is 75.9 Å². The number of carboxylic acid groups (broad SMARTS) is 1. The summed E-state index contributed by atoms with van der Waals surface area (Å²) in [5, 5.41) is 21.8. The minimum absolute atomic E-state index is 0.0176. The summed E-state index contributed by atoms with van der Waals surface area (Å²) in [7, 11) is 0. The maximum absolute atomic E-state index is 12.6. The maximum Gasteiger partial charge on any atom is 0.318 e. The quantitative estimate of drug-likeness (QED) is 0.618. The summed E-state index contributed by atoms with van der Waals surface area (Å²) in [6, 6.07) is 0.247. The van der Waals surface area contributed by atoms with E-state index in [4.69, 9.17) is 5.11 Å². The number of aliphatic carboxylic acids is 1. The van der Waals surface area contributed by atoms with Crippen molar-refractivity contribution in [1.29, 1.82) is 0 Å². The van der Waals surface area contributed by atoms with Crippen LogP contribution in [0.2, 0.25) is 0 Å². The Kier molecular flexibility index (Phi) is 6.46. The van der Waals surface area contributed by atoms with E-state index < -0.39 is 11.5 Å². The summed E-state index contributed by atoms with van der Waals surface area (Å²) in [5.74, 6) is -0.811. The number of hydrogen-bond donors (Lipinski definition) is 3. The topological polar surface area (TPSA) is 93.1 Å². The average Bonchev–Trinajstić information content (AvgIpc) is 2.92. The van der Waals surface area contributed by atoms with E-state index in [2.05, 4.69) is 12.2 Å². The molecule has 24 heavy (non-hydrogen) atoms. The number of carboxylic acids is 1. The van der Waals surface area contributed by atoms with Gasteiger partial charge in [0.15, 0.2) is 0 Å². The van der Waals surface area contributed by atoms with Crippen LogP contribution in [0.4, 0.5) is 4.79 Å². The number of amides is 2. The second kappa shape index (κ2) is 8.16. The number of likely N-dealkylation sites (N-methyl/N-ethyl adjacent to an activating group) is 1. The minimum Gasteiger partial charge on any atom is -0.480 e. The number of hydrogen-bond acceptors (Lipinski definition) is 4. The number of likely N-dealkylation sites (tertiary alicyclic amines) is 1. The van der Waals surface area contributed by atoms with Crippen LogP contribution in [0, 0.1) is 0 Å². The van der Waals surface area contributed by atoms with Crippen LogP contribution in [0.1, 0.15) is 52.4 Å². The number of urea groups is 1. The van der Waals surface area contributed by atoms with Crippen molar-refractivity contribution in [1.82, 2.24) is 15.1 Å². The summed E-state index contributed by atoms with van der Waals surface area (Å²) in [4.78, 5) is 27.2. The number of aliphatic hydroxyl groups excluding tert-OH is 1. The Morgan fingerprint density at radius 2 is 2.04 bits per heavy atom. The molecule has 138 valence electrons. The van der Waals surface area contributed by atoms with Crippen molar-refractivity contribution < 1.29 is 19.8 Å². The second-order valence-electron chi connectivity index (χ2n) is 7.12. The molecular weight excluding hydrogens is 310 g/mol. The lowest BCUT2D eigenvalue weighted by Gasteiger charge is -2.44. The van der Waals surface area contributed by atoms with Crippen molar-refractivity contribution in [2.24, 2.45) is 0 Å². The fourth-order valence-electron chi connectivity index (χ4n) is 4.15. The lowest BCUT2D eigenvalue weighted by Crippen LogP contribution is -2.60. The molecule has 2 fully saturated rings. The standard InChI is InChI=1S/C17H31N3O4/c1-3-6-17(12-21)7-5-8-20(17)16(24)18-13-9-14(10-13)19(4-2)11-15(22)23/h13-14,21H,3-12H2,1-2H3,(H,18,24)(H,22,23). The maximum atomic E-state index is 12.6. The highest BCUT2D eigenvalue weighted by molar-refractivity contribution is 5.76.